The molecule has 0 amide bonds. The Morgan fingerprint density at radius 2 is 1.84 bits per heavy atom. The number of rotatable bonds is 6. The Morgan fingerprint density at radius 1 is 1.04 bits per heavy atom. The van der Waals surface area contributed by atoms with Crippen molar-refractivity contribution in [3.63, 3.8) is 0 Å². The topological polar surface area (TPSA) is 48.7 Å². The van der Waals surface area contributed by atoms with Gasteiger partial charge in [-0.15, -0.1) is 0 Å². The van der Waals surface area contributed by atoms with E-state index in [-0.39, 0.29) is 5.63 Å². The van der Waals surface area contributed by atoms with Crippen molar-refractivity contribution in [1.82, 2.24) is 0 Å². The summed E-state index contributed by atoms with van der Waals surface area (Å²) in [6.07, 6.45) is 1.74. The molecule has 2 aromatic carbocycles. The molecule has 25 heavy (non-hydrogen) atoms. The molecule has 0 atom stereocenters. The number of ether oxygens (including phenoxy) is 2. The van der Waals surface area contributed by atoms with Crippen LogP contribution in [-0.2, 0) is 13.0 Å². The fraction of sp³-hybridized carbons (Fsp3) is 0.286. The number of methoxy groups -OCH3 is 1. The van der Waals surface area contributed by atoms with E-state index >= 15 is 0 Å². The van der Waals surface area contributed by atoms with Gasteiger partial charge in [-0.2, -0.15) is 0 Å². The van der Waals surface area contributed by atoms with Crippen molar-refractivity contribution in [2.75, 3.05) is 7.11 Å². The molecule has 0 saturated carbocycles. The van der Waals surface area contributed by atoms with Crippen LogP contribution in [0.15, 0.2) is 51.7 Å². The van der Waals surface area contributed by atoms with E-state index < -0.39 is 0 Å². The molecule has 1 aromatic heterocycles. The summed E-state index contributed by atoms with van der Waals surface area (Å²) in [7, 11) is 1.65. The Morgan fingerprint density at radius 3 is 2.60 bits per heavy atom. The molecule has 0 bridgehead atoms. The number of benzene rings is 2. The van der Waals surface area contributed by atoms with Crippen LogP contribution in [0, 0.1) is 6.92 Å². The molecule has 0 aliphatic heterocycles. The van der Waals surface area contributed by atoms with Crippen molar-refractivity contribution >= 4 is 11.0 Å². The lowest BCUT2D eigenvalue weighted by Gasteiger charge is -2.14. The molecule has 0 aliphatic rings. The van der Waals surface area contributed by atoms with Crippen LogP contribution in [0.1, 0.15) is 30.0 Å². The lowest BCUT2D eigenvalue weighted by atomic mass is 10.0. The molecule has 0 radical (unpaired) electrons. The Kier molecular flexibility index (Phi) is 5.08. The molecule has 0 aliphatic carbocycles. The normalized spacial score (nSPS) is 10.8. The zero-order valence-corrected chi connectivity index (χ0v) is 14.8. The van der Waals surface area contributed by atoms with E-state index in [1.165, 1.54) is 0 Å². The monoisotopic (exact) mass is 338 g/mol. The number of fused-ring (bicyclic) bond motifs is 1. The van der Waals surface area contributed by atoms with Crippen LogP contribution in [0.25, 0.3) is 11.0 Å². The van der Waals surface area contributed by atoms with Crippen molar-refractivity contribution in [2.24, 2.45) is 0 Å². The standard InChI is InChI=1S/C21H22O4/c1-4-7-15-12-20(22)25-19-11-14(2)10-18(21(15)19)24-13-16-8-5-6-9-17(16)23-3/h5-6,8-12H,4,7,13H2,1-3H3. The molecule has 4 nitrogen and oxygen atoms in total. The van der Waals surface area contributed by atoms with Crippen LogP contribution >= 0.6 is 0 Å². The van der Waals surface area contributed by atoms with Crippen LogP contribution in [-0.4, -0.2) is 7.11 Å². The van der Waals surface area contributed by atoms with Crippen LogP contribution in [0.2, 0.25) is 0 Å². The summed E-state index contributed by atoms with van der Waals surface area (Å²) in [4.78, 5) is 11.8. The second-order valence-corrected chi connectivity index (χ2v) is 6.08. The number of para-hydroxylation sites is 1. The Bertz CT molecular complexity index is 940. The largest absolute Gasteiger partial charge is 0.496 e. The van der Waals surface area contributed by atoms with Crippen LogP contribution < -0.4 is 15.1 Å². The third kappa shape index (κ3) is 3.68. The minimum Gasteiger partial charge on any atom is -0.496 e. The number of aryl methyl sites for hydroxylation is 2. The first-order valence-corrected chi connectivity index (χ1v) is 8.44. The summed E-state index contributed by atoms with van der Waals surface area (Å²) in [5.74, 6) is 1.52. The maximum Gasteiger partial charge on any atom is 0.336 e. The van der Waals surface area contributed by atoms with Gasteiger partial charge in [0.1, 0.15) is 23.7 Å². The quantitative estimate of drug-likeness (QED) is 0.614. The van der Waals surface area contributed by atoms with E-state index in [1.807, 2.05) is 43.3 Å². The average molecular weight is 338 g/mol. The Balaban J connectivity index is 2.04. The van der Waals surface area contributed by atoms with Gasteiger partial charge < -0.3 is 13.9 Å². The highest BCUT2D eigenvalue weighted by Gasteiger charge is 2.13. The lowest BCUT2D eigenvalue weighted by molar-refractivity contribution is 0.299. The van der Waals surface area contributed by atoms with Gasteiger partial charge in [-0.25, -0.2) is 4.79 Å². The molecule has 0 saturated heterocycles. The second-order valence-electron chi connectivity index (χ2n) is 6.08. The SMILES string of the molecule is CCCc1cc(=O)oc2cc(C)cc(OCc3ccccc3OC)c12. The molecule has 0 unspecified atom stereocenters. The van der Waals surface area contributed by atoms with Gasteiger partial charge in [0.05, 0.1) is 12.5 Å². The summed E-state index contributed by atoms with van der Waals surface area (Å²) in [5, 5.41) is 0.877. The molecule has 0 fully saturated rings. The van der Waals surface area contributed by atoms with E-state index in [4.69, 9.17) is 13.9 Å². The fourth-order valence-electron chi connectivity index (χ4n) is 3.03. The first-order chi connectivity index (χ1) is 12.1. The third-order valence-corrected chi connectivity index (χ3v) is 4.13. The first-order valence-electron chi connectivity index (χ1n) is 8.44. The van der Waals surface area contributed by atoms with Gasteiger partial charge >= 0.3 is 5.63 Å². The number of hydrogen-bond acceptors (Lipinski definition) is 4. The summed E-state index contributed by atoms with van der Waals surface area (Å²) in [5.41, 5.74) is 3.17. The van der Waals surface area contributed by atoms with Gasteiger partial charge in [-0.1, -0.05) is 31.5 Å². The summed E-state index contributed by atoms with van der Waals surface area (Å²) >= 11 is 0. The molecule has 4 heteroatoms. The van der Waals surface area contributed by atoms with Crippen LogP contribution in [0.5, 0.6) is 11.5 Å². The number of hydrogen-bond donors (Lipinski definition) is 0. The minimum atomic E-state index is -0.322. The lowest BCUT2D eigenvalue weighted by Crippen LogP contribution is -2.04. The van der Waals surface area contributed by atoms with E-state index in [2.05, 4.69) is 6.92 Å². The maximum atomic E-state index is 11.8. The van der Waals surface area contributed by atoms with E-state index in [0.29, 0.717) is 12.2 Å². The fourth-order valence-corrected chi connectivity index (χ4v) is 3.03. The van der Waals surface area contributed by atoms with Crippen molar-refractivity contribution in [3.05, 3.63) is 69.6 Å². The maximum absolute atomic E-state index is 11.8. The molecule has 130 valence electrons. The molecule has 0 N–H and O–H groups in total. The van der Waals surface area contributed by atoms with E-state index in [1.54, 1.807) is 13.2 Å². The van der Waals surface area contributed by atoms with Crippen molar-refractivity contribution in [2.45, 2.75) is 33.3 Å². The van der Waals surface area contributed by atoms with Gasteiger partial charge in [-0.3, -0.25) is 0 Å². The molecule has 1 heterocycles. The Labute approximate surface area is 147 Å². The van der Waals surface area contributed by atoms with Crippen molar-refractivity contribution in [3.8, 4) is 11.5 Å². The van der Waals surface area contributed by atoms with Crippen LogP contribution in [0.3, 0.4) is 0 Å². The molecular formula is C21H22O4. The van der Waals surface area contributed by atoms with Gasteiger partial charge in [0, 0.05) is 11.6 Å². The summed E-state index contributed by atoms with van der Waals surface area (Å²) < 4.78 is 16.9. The molecule has 3 aromatic rings. The highest BCUT2D eigenvalue weighted by atomic mass is 16.5. The van der Waals surface area contributed by atoms with Crippen molar-refractivity contribution in [1.29, 1.82) is 0 Å². The molecular weight excluding hydrogens is 316 g/mol. The zero-order valence-electron chi connectivity index (χ0n) is 14.8. The third-order valence-electron chi connectivity index (χ3n) is 4.13. The van der Waals surface area contributed by atoms with E-state index in [9.17, 15) is 4.79 Å². The molecule has 0 spiro atoms. The Hall–Kier alpha value is -2.75. The van der Waals surface area contributed by atoms with E-state index in [0.717, 1.165) is 46.4 Å². The average Bonchev–Trinajstić information content (AvgIpc) is 2.59. The highest BCUT2D eigenvalue weighted by molar-refractivity contribution is 5.87. The summed E-state index contributed by atoms with van der Waals surface area (Å²) in [6, 6.07) is 13.2. The first kappa shape index (κ1) is 17.1. The van der Waals surface area contributed by atoms with Gasteiger partial charge in [0.2, 0.25) is 0 Å². The van der Waals surface area contributed by atoms with Gasteiger partial charge in [-0.05, 0) is 42.7 Å². The van der Waals surface area contributed by atoms with Gasteiger partial charge in [0.15, 0.2) is 0 Å². The van der Waals surface area contributed by atoms with Crippen molar-refractivity contribution < 1.29 is 13.9 Å². The summed E-state index contributed by atoms with van der Waals surface area (Å²) in [6.45, 7) is 4.43. The second kappa shape index (κ2) is 7.43. The predicted molar refractivity (Wildman–Crippen MR) is 98.5 cm³/mol. The molecule has 3 rings (SSSR count). The smallest absolute Gasteiger partial charge is 0.336 e. The van der Waals surface area contributed by atoms with Gasteiger partial charge in [0.25, 0.3) is 0 Å². The predicted octanol–water partition coefficient (Wildman–Crippen LogP) is 4.64. The van der Waals surface area contributed by atoms with Crippen LogP contribution in [0.4, 0.5) is 0 Å². The highest BCUT2D eigenvalue weighted by Crippen LogP contribution is 2.31. The zero-order chi connectivity index (χ0) is 17.8. The minimum absolute atomic E-state index is 0.322.